The molecule has 0 aliphatic carbocycles. The van der Waals surface area contributed by atoms with E-state index in [1.165, 1.54) is 0 Å². The summed E-state index contributed by atoms with van der Waals surface area (Å²) in [5, 5.41) is 0. The van der Waals surface area contributed by atoms with Crippen LogP contribution in [0, 0.1) is 0 Å². The van der Waals surface area contributed by atoms with E-state index in [1.54, 1.807) is 0 Å². The Hall–Kier alpha value is 0.531. The highest BCUT2D eigenvalue weighted by molar-refractivity contribution is 6.93. The highest BCUT2D eigenvalue weighted by atomic mass is 28.5. The molecule has 6 heteroatoms. The lowest BCUT2D eigenvalue weighted by atomic mass is 10.3. The second-order valence-corrected chi connectivity index (χ2v) is 16.5. The van der Waals surface area contributed by atoms with E-state index in [2.05, 4.69) is 46.6 Å². The average molecular weight is 279 g/mol. The van der Waals surface area contributed by atoms with Crippen LogP contribution in [0.4, 0.5) is 0 Å². The maximum absolute atomic E-state index is 6.31. The molecule has 1 saturated heterocycles. The molecule has 0 aromatic carbocycles. The van der Waals surface area contributed by atoms with Crippen molar-refractivity contribution in [3.63, 3.8) is 0 Å². The van der Waals surface area contributed by atoms with Crippen molar-refractivity contribution >= 4 is 25.7 Å². The van der Waals surface area contributed by atoms with Crippen molar-refractivity contribution in [1.29, 1.82) is 0 Å². The van der Waals surface area contributed by atoms with Gasteiger partial charge in [-0.25, -0.2) is 0 Å². The van der Waals surface area contributed by atoms with Crippen LogP contribution in [-0.4, -0.2) is 25.7 Å². The van der Waals surface area contributed by atoms with Crippen LogP contribution in [0.2, 0.25) is 38.3 Å². The van der Waals surface area contributed by atoms with Gasteiger partial charge in [0.25, 0.3) is 0 Å². The van der Waals surface area contributed by atoms with Crippen LogP contribution in [-0.2, 0) is 12.3 Å². The number of hydrogen-bond donors (Lipinski definition) is 0. The first kappa shape index (κ1) is 14.6. The Kier molecular flexibility index (Phi) is 4.25. The molecule has 1 fully saturated rings. The predicted molar refractivity (Wildman–Crippen MR) is 74.2 cm³/mol. The van der Waals surface area contributed by atoms with Crippen molar-refractivity contribution in [2.24, 2.45) is 0 Å². The zero-order chi connectivity index (χ0) is 12.6. The number of hydrogen-bond acceptors (Lipinski definition) is 3. The lowest BCUT2D eigenvalue weighted by Gasteiger charge is -2.50. The van der Waals surface area contributed by atoms with E-state index in [-0.39, 0.29) is 0 Å². The molecule has 1 aliphatic heterocycles. The molecule has 1 heterocycles. The van der Waals surface area contributed by atoms with Gasteiger partial charge in [-0.1, -0.05) is 26.7 Å². The Balaban J connectivity index is 2.95. The zero-order valence-electron chi connectivity index (χ0n) is 11.7. The largest absolute Gasteiger partial charge is 0.416 e. The van der Waals surface area contributed by atoms with Crippen LogP contribution >= 0.6 is 0 Å². The third-order valence-corrected chi connectivity index (χ3v) is 16.5. The molecular formula is C10H26O3Si3. The lowest BCUT2D eigenvalue weighted by molar-refractivity contribution is 0.221. The van der Waals surface area contributed by atoms with Crippen molar-refractivity contribution in [2.45, 2.75) is 65.0 Å². The molecule has 0 unspecified atom stereocenters. The van der Waals surface area contributed by atoms with Crippen LogP contribution in [0.25, 0.3) is 0 Å². The van der Waals surface area contributed by atoms with Gasteiger partial charge in [-0.05, 0) is 32.7 Å². The Labute approximate surface area is 103 Å². The molecule has 0 saturated carbocycles. The summed E-state index contributed by atoms with van der Waals surface area (Å²) in [7, 11) is -5.95. The molecule has 0 N–H and O–H groups in total. The quantitative estimate of drug-likeness (QED) is 0.737. The van der Waals surface area contributed by atoms with Gasteiger partial charge < -0.3 is 12.3 Å². The highest BCUT2D eigenvalue weighted by Gasteiger charge is 2.55. The van der Waals surface area contributed by atoms with Crippen LogP contribution < -0.4 is 0 Å². The Bertz CT molecular complexity index is 236. The molecular weight excluding hydrogens is 252 g/mol. The van der Waals surface area contributed by atoms with E-state index < -0.39 is 25.7 Å². The van der Waals surface area contributed by atoms with Gasteiger partial charge >= 0.3 is 25.7 Å². The topological polar surface area (TPSA) is 27.7 Å². The van der Waals surface area contributed by atoms with Gasteiger partial charge in [0.1, 0.15) is 0 Å². The first-order valence-corrected chi connectivity index (χ1v) is 14.3. The van der Waals surface area contributed by atoms with Crippen molar-refractivity contribution in [2.75, 3.05) is 0 Å². The summed E-state index contributed by atoms with van der Waals surface area (Å²) in [5.41, 5.74) is 0.593. The zero-order valence-corrected chi connectivity index (χ0v) is 14.7. The molecule has 1 aliphatic rings. The summed E-state index contributed by atoms with van der Waals surface area (Å²) in [6, 6.07) is 0. The maximum atomic E-state index is 6.31. The predicted octanol–water partition coefficient (Wildman–Crippen LogP) is 3.72. The normalized spacial score (nSPS) is 27.0. The molecule has 0 amide bonds. The van der Waals surface area contributed by atoms with Crippen LogP contribution in [0.15, 0.2) is 0 Å². The molecule has 3 nitrogen and oxygen atoms in total. The minimum absolute atomic E-state index is 0.593. The number of rotatable bonds is 3. The van der Waals surface area contributed by atoms with E-state index in [9.17, 15) is 0 Å². The van der Waals surface area contributed by atoms with Gasteiger partial charge in [0.15, 0.2) is 0 Å². The van der Waals surface area contributed by atoms with Gasteiger partial charge in [0, 0.05) is 5.54 Å². The fourth-order valence-corrected chi connectivity index (χ4v) is 19.8. The summed E-state index contributed by atoms with van der Waals surface area (Å²) >= 11 is 0. The van der Waals surface area contributed by atoms with Gasteiger partial charge in [-0.15, -0.1) is 0 Å². The van der Waals surface area contributed by atoms with Gasteiger partial charge in [-0.2, -0.15) is 0 Å². The van der Waals surface area contributed by atoms with Crippen LogP contribution in [0.3, 0.4) is 0 Å². The molecule has 16 heavy (non-hydrogen) atoms. The fourth-order valence-electron chi connectivity index (χ4n) is 2.83. The smallest absolute Gasteiger partial charge is 0.320 e. The van der Waals surface area contributed by atoms with Gasteiger partial charge in [0.2, 0.25) is 0 Å². The highest BCUT2D eigenvalue weighted by Crippen LogP contribution is 2.39. The molecule has 0 atom stereocenters. The molecule has 0 spiro atoms. The average Bonchev–Trinajstić information content (AvgIpc) is 1.97. The molecule has 0 bridgehead atoms. The molecule has 0 aromatic heterocycles. The van der Waals surface area contributed by atoms with E-state index in [0.717, 1.165) is 12.8 Å². The lowest BCUT2D eigenvalue weighted by Crippen LogP contribution is -2.66. The second kappa shape index (κ2) is 4.66. The Morgan fingerprint density at radius 2 is 1.12 bits per heavy atom. The van der Waals surface area contributed by atoms with E-state index in [0.29, 0.717) is 5.54 Å². The molecule has 0 aromatic rings. The van der Waals surface area contributed by atoms with Crippen molar-refractivity contribution in [3.05, 3.63) is 0 Å². The van der Waals surface area contributed by atoms with E-state index in [4.69, 9.17) is 12.3 Å². The van der Waals surface area contributed by atoms with E-state index >= 15 is 0 Å². The van der Waals surface area contributed by atoms with Gasteiger partial charge in [-0.3, -0.25) is 0 Å². The molecule has 1 rings (SSSR count). The fraction of sp³-hybridized carbons (Fsp3) is 1.00. The van der Waals surface area contributed by atoms with Gasteiger partial charge in [0.05, 0.1) is 0 Å². The van der Waals surface area contributed by atoms with Crippen LogP contribution in [0.5, 0.6) is 0 Å². The summed E-state index contributed by atoms with van der Waals surface area (Å²) in [6.07, 6.45) is 2.29. The summed E-state index contributed by atoms with van der Waals surface area (Å²) in [5.74, 6) is 0. The SMILES string of the molecule is CCC(CC)[Si]1(C)O[Si](C)(C)O[Si](C)(C)O1. The third-order valence-electron chi connectivity index (χ3n) is 3.12. The maximum Gasteiger partial charge on any atom is 0.320 e. The Morgan fingerprint density at radius 1 is 0.750 bits per heavy atom. The minimum Gasteiger partial charge on any atom is -0.416 e. The summed E-state index contributed by atoms with van der Waals surface area (Å²) in [6.45, 7) is 15.3. The first-order chi connectivity index (χ1) is 7.14. The second-order valence-electron chi connectivity index (χ2n) is 5.64. The first-order valence-electron chi connectivity index (χ1n) is 6.24. The third kappa shape index (κ3) is 3.27. The summed E-state index contributed by atoms with van der Waals surface area (Å²) < 4.78 is 18.7. The summed E-state index contributed by atoms with van der Waals surface area (Å²) in [4.78, 5) is 0. The standard InChI is InChI=1S/C10H26O3Si3/c1-8-10(9-2)16(7)12-14(3,4)11-15(5,6)13-16/h10H,8-9H2,1-7H3. The van der Waals surface area contributed by atoms with E-state index in [1.807, 2.05) is 0 Å². The molecule has 0 radical (unpaired) electrons. The van der Waals surface area contributed by atoms with Crippen molar-refractivity contribution in [1.82, 2.24) is 0 Å². The van der Waals surface area contributed by atoms with Crippen molar-refractivity contribution in [3.8, 4) is 0 Å². The molecule has 96 valence electrons. The Morgan fingerprint density at radius 3 is 1.44 bits per heavy atom. The van der Waals surface area contributed by atoms with Crippen molar-refractivity contribution < 1.29 is 12.3 Å². The monoisotopic (exact) mass is 278 g/mol. The minimum atomic E-state index is -2.04. The van der Waals surface area contributed by atoms with Crippen LogP contribution in [0.1, 0.15) is 26.7 Å².